The van der Waals surface area contributed by atoms with Crippen LogP contribution in [0.2, 0.25) is 0 Å². The largest absolute Gasteiger partial charge is 0.295 e. The number of hydrogen-bond acceptors (Lipinski definition) is 2. The van der Waals surface area contributed by atoms with Crippen LogP contribution in [0.3, 0.4) is 0 Å². The zero-order valence-corrected chi connectivity index (χ0v) is 14.6. The molecular formula is C23H20N2O. The normalized spacial score (nSPS) is 9.88. The summed E-state index contributed by atoms with van der Waals surface area (Å²) in [6, 6.07) is 31.7. The third-order valence-corrected chi connectivity index (χ3v) is 3.91. The van der Waals surface area contributed by atoms with Crippen molar-refractivity contribution in [1.29, 1.82) is 0 Å². The Bertz CT molecular complexity index is 891. The number of ketones is 1. The van der Waals surface area contributed by atoms with E-state index in [-0.39, 0.29) is 5.78 Å². The molecule has 1 N–H and O–H groups in total. The summed E-state index contributed by atoms with van der Waals surface area (Å²) in [4.78, 5) is 10.6. The first-order chi connectivity index (χ1) is 12.7. The molecule has 4 aromatic rings. The van der Waals surface area contributed by atoms with Gasteiger partial charge >= 0.3 is 0 Å². The van der Waals surface area contributed by atoms with E-state index in [9.17, 15) is 4.79 Å². The van der Waals surface area contributed by atoms with Gasteiger partial charge in [-0.2, -0.15) is 5.10 Å². The average molecular weight is 340 g/mol. The van der Waals surface area contributed by atoms with Crippen molar-refractivity contribution in [2.45, 2.75) is 6.92 Å². The summed E-state index contributed by atoms with van der Waals surface area (Å²) in [5, 5.41) is 7.41. The van der Waals surface area contributed by atoms with Crippen LogP contribution in [-0.2, 0) is 0 Å². The van der Waals surface area contributed by atoms with Crippen molar-refractivity contribution in [1.82, 2.24) is 10.2 Å². The molecule has 0 radical (unpaired) electrons. The van der Waals surface area contributed by atoms with Crippen LogP contribution in [0.4, 0.5) is 0 Å². The van der Waals surface area contributed by atoms with Crippen molar-refractivity contribution >= 4 is 5.78 Å². The zero-order valence-electron chi connectivity index (χ0n) is 14.6. The molecule has 128 valence electrons. The van der Waals surface area contributed by atoms with Gasteiger partial charge in [0.15, 0.2) is 5.78 Å². The molecule has 3 heteroatoms. The molecule has 0 spiro atoms. The summed E-state index contributed by atoms with van der Waals surface area (Å²) in [6.45, 7) is 1.56. The van der Waals surface area contributed by atoms with Gasteiger partial charge in [0, 0.05) is 11.1 Å². The van der Waals surface area contributed by atoms with E-state index in [2.05, 4.69) is 40.5 Å². The Morgan fingerprint density at radius 3 is 1.73 bits per heavy atom. The zero-order chi connectivity index (χ0) is 18.2. The predicted molar refractivity (Wildman–Crippen MR) is 106 cm³/mol. The number of rotatable bonds is 3. The van der Waals surface area contributed by atoms with Crippen molar-refractivity contribution in [2.24, 2.45) is 0 Å². The number of aromatic amines is 1. The molecule has 1 heterocycles. The van der Waals surface area contributed by atoms with E-state index in [0.29, 0.717) is 0 Å². The van der Waals surface area contributed by atoms with Crippen LogP contribution in [0.25, 0.3) is 22.5 Å². The monoisotopic (exact) mass is 340 g/mol. The van der Waals surface area contributed by atoms with Crippen LogP contribution in [0.5, 0.6) is 0 Å². The van der Waals surface area contributed by atoms with E-state index < -0.39 is 0 Å². The molecule has 1 aromatic heterocycles. The number of nitrogens with one attached hydrogen (secondary N) is 1. The summed E-state index contributed by atoms with van der Waals surface area (Å²) in [5.74, 6) is 0.121. The number of carbonyl (C=O) groups is 1. The molecule has 0 unspecified atom stereocenters. The molecular weight excluding hydrogens is 320 g/mol. The Labute approximate surface area is 153 Å². The summed E-state index contributed by atoms with van der Waals surface area (Å²) < 4.78 is 0. The molecule has 0 amide bonds. The smallest absolute Gasteiger partial charge is 0.159 e. The Kier molecular flexibility index (Phi) is 5.73. The predicted octanol–water partition coefficient (Wildman–Crippen LogP) is 5.63. The maximum Gasteiger partial charge on any atom is 0.159 e. The van der Waals surface area contributed by atoms with Crippen LogP contribution in [0.15, 0.2) is 97.1 Å². The van der Waals surface area contributed by atoms with Gasteiger partial charge < -0.3 is 0 Å². The fourth-order valence-corrected chi connectivity index (χ4v) is 2.52. The van der Waals surface area contributed by atoms with Gasteiger partial charge in [-0.05, 0) is 18.6 Å². The molecule has 0 saturated heterocycles. The molecule has 0 fully saturated rings. The first-order valence-corrected chi connectivity index (χ1v) is 8.46. The molecule has 0 bridgehead atoms. The maximum absolute atomic E-state index is 10.6. The van der Waals surface area contributed by atoms with Gasteiger partial charge in [0.05, 0.1) is 11.4 Å². The highest BCUT2D eigenvalue weighted by Gasteiger charge is 2.04. The summed E-state index contributed by atoms with van der Waals surface area (Å²) >= 11 is 0. The van der Waals surface area contributed by atoms with Gasteiger partial charge in [-0.15, -0.1) is 0 Å². The molecule has 26 heavy (non-hydrogen) atoms. The lowest BCUT2D eigenvalue weighted by atomic mass is 10.1. The number of nitrogens with zero attached hydrogens (tertiary/aromatic N) is 1. The fourth-order valence-electron chi connectivity index (χ4n) is 2.52. The van der Waals surface area contributed by atoms with Crippen LogP contribution >= 0.6 is 0 Å². The summed E-state index contributed by atoms with van der Waals surface area (Å²) in [6.07, 6.45) is 0. The second-order valence-electron chi connectivity index (χ2n) is 5.82. The minimum atomic E-state index is 0.121. The third-order valence-electron chi connectivity index (χ3n) is 3.91. The molecule has 3 aromatic carbocycles. The minimum absolute atomic E-state index is 0.121. The van der Waals surface area contributed by atoms with Crippen molar-refractivity contribution in [3.05, 3.63) is 103 Å². The van der Waals surface area contributed by atoms with Crippen molar-refractivity contribution in [3.8, 4) is 22.5 Å². The lowest BCUT2D eigenvalue weighted by Gasteiger charge is -1.94. The van der Waals surface area contributed by atoms with E-state index in [0.717, 1.165) is 28.1 Å². The van der Waals surface area contributed by atoms with Crippen LogP contribution in [0.1, 0.15) is 17.3 Å². The lowest BCUT2D eigenvalue weighted by Crippen LogP contribution is -1.88. The first-order valence-electron chi connectivity index (χ1n) is 8.46. The van der Waals surface area contributed by atoms with Crippen molar-refractivity contribution in [3.63, 3.8) is 0 Å². The lowest BCUT2D eigenvalue weighted by molar-refractivity contribution is 0.101. The molecule has 0 atom stereocenters. The molecule has 0 aliphatic rings. The highest BCUT2D eigenvalue weighted by molar-refractivity contribution is 5.93. The van der Waals surface area contributed by atoms with Gasteiger partial charge in [0.25, 0.3) is 0 Å². The second-order valence-corrected chi connectivity index (χ2v) is 5.82. The van der Waals surface area contributed by atoms with E-state index >= 15 is 0 Å². The first kappa shape index (κ1) is 17.4. The molecule has 0 aliphatic carbocycles. The van der Waals surface area contributed by atoms with Crippen LogP contribution in [-0.4, -0.2) is 16.0 Å². The number of H-pyrrole nitrogens is 1. The van der Waals surface area contributed by atoms with E-state index in [1.807, 2.05) is 66.7 Å². The fraction of sp³-hybridized carbons (Fsp3) is 0.0435. The van der Waals surface area contributed by atoms with Gasteiger partial charge in [-0.25, -0.2) is 0 Å². The molecule has 3 nitrogen and oxygen atoms in total. The molecule has 4 rings (SSSR count). The second kappa shape index (κ2) is 8.58. The number of hydrogen-bond donors (Lipinski definition) is 1. The van der Waals surface area contributed by atoms with Crippen LogP contribution in [0, 0.1) is 0 Å². The van der Waals surface area contributed by atoms with Gasteiger partial charge in [0.1, 0.15) is 0 Å². The highest BCUT2D eigenvalue weighted by atomic mass is 16.1. The van der Waals surface area contributed by atoms with Gasteiger partial charge in [-0.1, -0.05) is 91.0 Å². The van der Waals surface area contributed by atoms with E-state index in [4.69, 9.17) is 0 Å². The van der Waals surface area contributed by atoms with Crippen LogP contribution < -0.4 is 0 Å². The van der Waals surface area contributed by atoms with Gasteiger partial charge in [0.2, 0.25) is 0 Å². The van der Waals surface area contributed by atoms with E-state index in [1.54, 1.807) is 6.92 Å². The number of Topliss-reactive ketones (excluding diaryl/α,β-unsaturated/α-hetero) is 1. The Morgan fingerprint density at radius 2 is 1.23 bits per heavy atom. The van der Waals surface area contributed by atoms with E-state index in [1.165, 1.54) is 0 Å². The minimum Gasteiger partial charge on any atom is -0.295 e. The third kappa shape index (κ3) is 4.54. The SMILES string of the molecule is CC(=O)c1ccccc1.c1ccc(-c2cc(-c3ccccc3)[nH]n2)cc1. The van der Waals surface area contributed by atoms with Crippen molar-refractivity contribution < 1.29 is 4.79 Å². The Hall–Kier alpha value is -3.46. The topological polar surface area (TPSA) is 45.8 Å². The van der Waals surface area contributed by atoms with Gasteiger partial charge in [-0.3, -0.25) is 9.89 Å². The Balaban J connectivity index is 0.000000185. The average Bonchev–Trinajstić information content (AvgIpc) is 3.21. The summed E-state index contributed by atoms with van der Waals surface area (Å²) in [5.41, 5.74) is 5.08. The number of benzene rings is 3. The Morgan fingerprint density at radius 1 is 0.731 bits per heavy atom. The molecule has 0 aliphatic heterocycles. The molecule has 0 saturated carbocycles. The quantitative estimate of drug-likeness (QED) is 0.491. The number of aromatic nitrogens is 2. The standard InChI is InChI=1S/C15H12N2.C8H8O/c1-3-7-12(8-4-1)14-11-15(17-16-14)13-9-5-2-6-10-13;1-7(9)8-5-3-2-4-6-8/h1-11H,(H,16,17);2-6H,1H3. The summed E-state index contributed by atoms with van der Waals surface area (Å²) in [7, 11) is 0. The highest BCUT2D eigenvalue weighted by Crippen LogP contribution is 2.23. The number of carbonyl (C=O) groups excluding carboxylic acids is 1. The van der Waals surface area contributed by atoms with Crippen molar-refractivity contribution in [2.75, 3.05) is 0 Å². The maximum atomic E-state index is 10.6.